The molecule has 1 heterocycles. The smallest absolute Gasteiger partial charge is 0.258 e. The molecular formula is C7H4ClFN4O2. The van der Waals surface area contributed by atoms with Crippen molar-refractivity contribution in [2.45, 2.75) is 0 Å². The van der Waals surface area contributed by atoms with Crippen LogP contribution in [-0.2, 0) is 7.05 Å². The lowest BCUT2D eigenvalue weighted by Crippen LogP contribution is -1.95. The van der Waals surface area contributed by atoms with Crippen LogP contribution in [0.2, 0.25) is 5.02 Å². The van der Waals surface area contributed by atoms with Crippen LogP contribution in [0.3, 0.4) is 0 Å². The quantitative estimate of drug-likeness (QED) is 0.552. The number of nitro benzene ring substituents is 1. The first kappa shape index (κ1) is 9.78. The maximum Gasteiger partial charge on any atom is 0.334 e. The average molecular weight is 231 g/mol. The Hall–Kier alpha value is -1.76. The van der Waals surface area contributed by atoms with Crippen molar-refractivity contribution in [1.82, 2.24) is 15.0 Å². The summed E-state index contributed by atoms with van der Waals surface area (Å²) in [7, 11) is 1.52. The summed E-state index contributed by atoms with van der Waals surface area (Å²) in [6, 6.07) is 0.880. The van der Waals surface area contributed by atoms with Gasteiger partial charge in [0.25, 0.3) is 0 Å². The van der Waals surface area contributed by atoms with Crippen molar-refractivity contribution < 1.29 is 9.31 Å². The largest absolute Gasteiger partial charge is 0.334 e. The highest BCUT2D eigenvalue weighted by molar-refractivity contribution is 6.35. The molecule has 8 heteroatoms. The Balaban J connectivity index is 2.97. The molecule has 0 N–H and O–H groups in total. The molecule has 78 valence electrons. The van der Waals surface area contributed by atoms with E-state index >= 15 is 0 Å². The zero-order chi connectivity index (χ0) is 11.2. The number of rotatable bonds is 1. The topological polar surface area (TPSA) is 73.8 Å². The third-order valence-corrected chi connectivity index (χ3v) is 2.23. The molecule has 0 saturated carbocycles. The van der Waals surface area contributed by atoms with Crippen molar-refractivity contribution in [3.8, 4) is 0 Å². The van der Waals surface area contributed by atoms with Gasteiger partial charge in [0.2, 0.25) is 5.82 Å². The van der Waals surface area contributed by atoms with Crippen molar-refractivity contribution >= 4 is 28.3 Å². The van der Waals surface area contributed by atoms with Crippen LogP contribution in [0.5, 0.6) is 0 Å². The second-order valence-electron chi connectivity index (χ2n) is 2.86. The van der Waals surface area contributed by atoms with E-state index in [1.165, 1.54) is 11.7 Å². The molecule has 0 spiro atoms. The molecule has 0 saturated heterocycles. The monoisotopic (exact) mass is 230 g/mol. The summed E-state index contributed by atoms with van der Waals surface area (Å²) < 4.78 is 14.5. The zero-order valence-corrected chi connectivity index (χ0v) is 8.19. The molecule has 15 heavy (non-hydrogen) atoms. The molecule has 2 aromatic rings. The number of hydrogen-bond donors (Lipinski definition) is 0. The highest BCUT2D eigenvalue weighted by atomic mass is 35.5. The molecule has 1 aromatic carbocycles. The fraction of sp³-hybridized carbons (Fsp3) is 0.143. The van der Waals surface area contributed by atoms with Gasteiger partial charge in [-0.05, 0) is 0 Å². The van der Waals surface area contributed by atoms with E-state index in [0.717, 1.165) is 6.07 Å². The number of halogens is 2. The summed E-state index contributed by atoms with van der Waals surface area (Å²) in [6.45, 7) is 0. The second kappa shape index (κ2) is 3.13. The van der Waals surface area contributed by atoms with E-state index in [9.17, 15) is 14.5 Å². The third kappa shape index (κ3) is 1.32. The van der Waals surface area contributed by atoms with Crippen LogP contribution in [0.15, 0.2) is 6.07 Å². The number of aryl methyl sites for hydroxylation is 1. The van der Waals surface area contributed by atoms with Crippen LogP contribution in [0.4, 0.5) is 10.1 Å². The van der Waals surface area contributed by atoms with Crippen molar-refractivity contribution in [3.63, 3.8) is 0 Å². The number of nitro groups is 1. The lowest BCUT2D eigenvalue weighted by atomic mass is 10.2. The molecule has 2 rings (SSSR count). The van der Waals surface area contributed by atoms with Crippen LogP contribution in [-0.4, -0.2) is 19.9 Å². The van der Waals surface area contributed by atoms with Crippen LogP contribution < -0.4 is 0 Å². The molecule has 6 nitrogen and oxygen atoms in total. The normalized spacial score (nSPS) is 10.9. The Labute approximate surface area is 87.4 Å². The third-order valence-electron chi connectivity index (χ3n) is 1.94. The van der Waals surface area contributed by atoms with Crippen LogP contribution in [0.25, 0.3) is 11.0 Å². The molecule has 0 aliphatic carbocycles. The first-order chi connectivity index (χ1) is 7.02. The van der Waals surface area contributed by atoms with Gasteiger partial charge in [0, 0.05) is 13.1 Å². The molecule has 0 unspecified atom stereocenters. The number of aromatic nitrogens is 3. The summed E-state index contributed by atoms with van der Waals surface area (Å²) >= 11 is 5.72. The first-order valence-corrected chi connectivity index (χ1v) is 4.22. The van der Waals surface area contributed by atoms with Gasteiger partial charge in [-0.2, -0.15) is 4.39 Å². The van der Waals surface area contributed by atoms with Gasteiger partial charge in [0.1, 0.15) is 5.52 Å². The van der Waals surface area contributed by atoms with E-state index in [1.807, 2.05) is 0 Å². The van der Waals surface area contributed by atoms with Crippen molar-refractivity contribution in [3.05, 3.63) is 27.0 Å². The highest BCUT2D eigenvalue weighted by Crippen LogP contribution is 2.31. The average Bonchev–Trinajstić information content (AvgIpc) is 2.47. The fourth-order valence-electron chi connectivity index (χ4n) is 1.32. The Bertz CT molecular complexity index is 568. The lowest BCUT2D eigenvalue weighted by Gasteiger charge is -1.98. The number of fused-ring (bicyclic) bond motifs is 1. The minimum absolute atomic E-state index is 0.0422. The van der Waals surface area contributed by atoms with Crippen LogP contribution in [0, 0.1) is 15.9 Å². The van der Waals surface area contributed by atoms with Gasteiger partial charge in [0.05, 0.1) is 9.95 Å². The van der Waals surface area contributed by atoms with Crippen LogP contribution >= 0.6 is 11.6 Å². The summed E-state index contributed by atoms with van der Waals surface area (Å²) in [5, 5.41) is 17.7. The van der Waals surface area contributed by atoms with Crippen molar-refractivity contribution in [2.24, 2.45) is 7.05 Å². The molecule has 0 aliphatic rings. The molecular weight excluding hydrogens is 227 g/mol. The molecule has 0 aliphatic heterocycles. The van der Waals surface area contributed by atoms with E-state index in [4.69, 9.17) is 11.6 Å². The van der Waals surface area contributed by atoms with Gasteiger partial charge in [-0.15, -0.1) is 5.10 Å². The fourth-order valence-corrected chi connectivity index (χ4v) is 1.63. The minimum Gasteiger partial charge on any atom is -0.258 e. The number of benzene rings is 1. The molecule has 0 atom stereocenters. The van der Waals surface area contributed by atoms with Gasteiger partial charge in [0.15, 0.2) is 5.52 Å². The summed E-state index contributed by atoms with van der Waals surface area (Å²) in [5.41, 5.74) is -0.611. The molecule has 1 aromatic heterocycles. The molecule has 0 amide bonds. The number of nitrogens with zero attached hydrogens (tertiary/aromatic N) is 4. The Kier molecular flexibility index (Phi) is 2.04. The minimum atomic E-state index is -1.02. The van der Waals surface area contributed by atoms with Gasteiger partial charge in [-0.25, -0.2) is 4.68 Å². The van der Waals surface area contributed by atoms with E-state index in [2.05, 4.69) is 10.3 Å². The highest BCUT2D eigenvalue weighted by Gasteiger charge is 2.24. The Morgan fingerprint density at radius 3 is 2.93 bits per heavy atom. The first-order valence-electron chi connectivity index (χ1n) is 3.84. The van der Waals surface area contributed by atoms with E-state index in [0.29, 0.717) is 0 Å². The van der Waals surface area contributed by atoms with E-state index in [-0.39, 0.29) is 16.1 Å². The molecule has 0 bridgehead atoms. The van der Waals surface area contributed by atoms with Crippen molar-refractivity contribution in [1.29, 1.82) is 0 Å². The van der Waals surface area contributed by atoms with Gasteiger partial charge in [-0.1, -0.05) is 16.8 Å². The van der Waals surface area contributed by atoms with E-state index < -0.39 is 16.4 Å². The summed E-state index contributed by atoms with van der Waals surface area (Å²) in [6.07, 6.45) is 0. The van der Waals surface area contributed by atoms with Gasteiger partial charge < -0.3 is 0 Å². The predicted octanol–water partition coefficient (Wildman–Crippen LogP) is 1.67. The standard InChI is InChI=1S/C7H4ClFN4O2/c1-12-6-3(8)2-4(9)7(13(14)15)5(6)10-11-12/h2H,1H3. The summed E-state index contributed by atoms with van der Waals surface area (Å²) in [4.78, 5) is 9.76. The molecule has 0 radical (unpaired) electrons. The van der Waals surface area contributed by atoms with Gasteiger partial charge >= 0.3 is 5.69 Å². The SMILES string of the molecule is Cn1nnc2c([N+](=O)[O-])c(F)cc(Cl)c21. The Morgan fingerprint density at radius 1 is 1.67 bits per heavy atom. The second-order valence-corrected chi connectivity index (χ2v) is 3.26. The van der Waals surface area contributed by atoms with Crippen molar-refractivity contribution in [2.75, 3.05) is 0 Å². The number of hydrogen-bond acceptors (Lipinski definition) is 4. The maximum atomic E-state index is 13.2. The predicted molar refractivity (Wildman–Crippen MR) is 50.1 cm³/mol. The summed E-state index contributed by atoms with van der Waals surface area (Å²) in [5.74, 6) is -1.02. The van der Waals surface area contributed by atoms with E-state index in [1.54, 1.807) is 0 Å². The lowest BCUT2D eigenvalue weighted by molar-refractivity contribution is -0.385. The molecule has 0 fully saturated rings. The maximum absolute atomic E-state index is 13.2. The Morgan fingerprint density at radius 2 is 2.33 bits per heavy atom. The van der Waals surface area contributed by atoms with Crippen LogP contribution in [0.1, 0.15) is 0 Å². The van der Waals surface area contributed by atoms with Gasteiger partial charge in [-0.3, -0.25) is 10.1 Å². The zero-order valence-electron chi connectivity index (χ0n) is 7.44.